The molecule has 3 N–H and O–H groups in total. The zero-order valence-corrected chi connectivity index (χ0v) is 9.67. The lowest BCUT2D eigenvalue weighted by molar-refractivity contribution is -0.387. The summed E-state index contributed by atoms with van der Waals surface area (Å²) < 4.78 is 27.0. The van der Waals surface area contributed by atoms with E-state index >= 15 is 0 Å². The fourth-order valence-electron chi connectivity index (χ4n) is 1.31. The Hall–Kier alpha value is -2.62. The minimum atomic E-state index is -1.79. The smallest absolute Gasteiger partial charge is 0.328 e. The third-order valence-corrected chi connectivity index (χ3v) is 2.28. The number of aliphatic hydroxyl groups excluding tert-OH is 1. The predicted molar refractivity (Wildman–Crippen MR) is 59.0 cm³/mol. The molecular formula is C10H8F2N2O6. The third kappa shape index (κ3) is 3.03. The van der Waals surface area contributed by atoms with Gasteiger partial charge in [-0.1, -0.05) is 0 Å². The second-order valence-corrected chi connectivity index (χ2v) is 3.56. The van der Waals surface area contributed by atoms with Gasteiger partial charge in [-0.15, -0.1) is 0 Å². The van der Waals surface area contributed by atoms with Crippen LogP contribution in [0, 0.1) is 21.7 Å². The summed E-state index contributed by atoms with van der Waals surface area (Å²) >= 11 is 0. The number of carbonyl (C=O) groups is 2. The molecule has 20 heavy (non-hydrogen) atoms. The van der Waals surface area contributed by atoms with Crippen LogP contribution in [-0.4, -0.2) is 39.7 Å². The first-order chi connectivity index (χ1) is 9.29. The summed E-state index contributed by atoms with van der Waals surface area (Å²) in [6, 6.07) is -0.756. The van der Waals surface area contributed by atoms with Crippen molar-refractivity contribution in [1.82, 2.24) is 5.32 Å². The molecule has 1 atom stereocenters. The van der Waals surface area contributed by atoms with Crippen molar-refractivity contribution in [2.75, 3.05) is 6.61 Å². The van der Waals surface area contributed by atoms with Crippen LogP contribution in [0.4, 0.5) is 14.5 Å². The van der Waals surface area contributed by atoms with Crippen LogP contribution in [0.2, 0.25) is 0 Å². The second kappa shape index (κ2) is 6.02. The lowest BCUT2D eigenvalue weighted by Gasteiger charge is -2.12. The molecule has 0 aromatic heterocycles. The summed E-state index contributed by atoms with van der Waals surface area (Å²) in [4.78, 5) is 31.4. The molecule has 108 valence electrons. The molecule has 1 aromatic rings. The number of halogens is 2. The minimum absolute atomic E-state index is 0.505. The summed E-state index contributed by atoms with van der Waals surface area (Å²) in [7, 11) is 0. The number of aliphatic carboxylic acids is 1. The van der Waals surface area contributed by atoms with E-state index in [1.54, 1.807) is 5.32 Å². The zero-order chi connectivity index (χ0) is 15.4. The topological polar surface area (TPSA) is 130 Å². The molecule has 0 spiro atoms. The first-order valence-corrected chi connectivity index (χ1v) is 5.06. The van der Waals surface area contributed by atoms with Crippen LogP contribution in [0.25, 0.3) is 0 Å². The standard InChI is InChI=1S/C10H8F2N2O6/c11-4-1-2-6(14(19)20)8(12)7(4)9(16)13-5(3-15)10(17)18/h1-2,5,15H,3H2,(H,13,16)(H,17,18)/t5-/m0/s1. The molecule has 0 saturated carbocycles. The largest absolute Gasteiger partial charge is 0.480 e. The molecule has 1 aromatic carbocycles. The molecule has 0 aliphatic rings. The van der Waals surface area contributed by atoms with E-state index in [0.717, 1.165) is 0 Å². The van der Waals surface area contributed by atoms with Crippen molar-refractivity contribution in [3.63, 3.8) is 0 Å². The Balaban J connectivity index is 3.19. The van der Waals surface area contributed by atoms with Gasteiger partial charge in [0.2, 0.25) is 5.82 Å². The quantitative estimate of drug-likeness (QED) is 0.519. The first-order valence-electron chi connectivity index (χ1n) is 5.06. The zero-order valence-electron chi connectivity index (χ0n) is 9.67. The average Bonchev–Trinajstić information content (AvgIpc) is 2.35. The average molecular weight is 290 g/mol. The number of nitro benzene ring substituents is 1. The minimum Gasteiger partial charge on any atom is -0.480 e. The number of aliphatic hydroxyl groups is 1. The van der Waals surface area contributed by atoms with Gasteiger partial charge in [0.15, 0.2) is 6.04 Å². The Kier molecular flexibility index (Phi) is 4.64. The van der Waals surface area contributed by atoms with Crippen LogP contribution in [0.1, 0.15) is 10.4 Å². The Morgan fingerprint density at radius 2 is 2.00 bits per heavy atom. The lowest BCUT2D eigenvalue weighted by Crippen LogP contribution is -2.43. The highest BCUT2D eigenvalue weighted by Gasteiger charge is 2.28. The maximum Gasteiger partial charge on any atom is 0.328 e. The van der Waals surface area contributed by atoms with Crippen molar-refractivity contribution in [1.29, 1.82) is 0 Å². The molecule has 0 unspecified atom stereocenters. The predicted octanol–water partition coefficient (Wildman–Crippen LogP) is 0.0483. The molecule has 0 saturated heterocycles. The molecule has 1 amide bonds. The number of carboxylic acids is 1. The van der Waals surface area contributed by atoms with Gasteiger partial charge in [0.1, 0.15) is 11.4 Å². The maximum atomic E-state index is 13.6. The van der Waals surface area contributed by atoms with Gasteiger partial charge in [-0.25, -0.2) is 9.18 Å². The van der Waals surface area contributed by atoms with Crippen LogP contribution < -0.4 is 5.32 Å². The maximum absolute atomic E-state index is 13.6. The molecule has 10 heteroatoms. The molecule has 0 radical (unpaired) electrons. The van der Waals surface area contributed by atoms with E-state index in [1.165, 1.54) is 0 Å². The van der Waals surface area contributed by atoms with Crippen molar-refractivity contribution in [2.24, 2.45) is 0 Å². The van der Waals surface area contributed by atoms with Gasteiger partial charge in [0.25, 0.3) is 5.91 Å². The SMILES string of the molecule is O=C(N[C@@H](CO)C(=O)O)c1c(F)ccc([N+](=O)[O-])c1F. The molecule has 0 aliphatic carbocycles. The fraction of sp³-hybridized carbons (Fsp3) is 0.200. The number of hydrogen-bond donors (Lipinski definition) is 3. The van der Waals surface area contributed by atoms with Crippen molar-refractivity contribution < 1.29 is 33.5 Å². The van der Waals surface area contributed by atoms with E-state index < -0.39 is 52.3 Å². The van der Waals surface area contributed by atoms with E-state index in [2.05, 4.69) is 0 Å². The van der Waals surface area contributed by atoms with Crippen LogP contribution in [0.15, 0.2) is 12.1 Å². The molecule has 8 nitrogen and oxygen atoms in total. The summed E-state index contributed by atoms with van der Waals surface area (Å²) in [5, 5.41) is 29.4. The highest BCUT2D eigenvalue weighted by molar-refractivity contribution is 5.97. The van der Waals surface area contributed by atoms with Crippen molar-refractivity contribution in [2.45, 2.75) is 6.04 Å². The van der Waals surface area contributed by atoms with E-state index in [4.69, 9.17) is 10.2 Å². The normalized spacial score (nSPS) is 11.8. The number of nitro groups is 1. The van der Waals surface area contributed by atoms with Crippen molar-refractivity contribution in [3.05, 3.63) is 39.4 Å². The van der Waals surface area contributed by atoms with Gasteiger partial charge in [-0.05, 0) is 6.07 Å². The van der Waals surface area contributed by atoms with Gasteiger partial charge in [0, 0.05) is 6.07 Å². The summed E-state index contributed by atoms with van der Waals surface area (Å²) in [6.07, 6.45) is 0. The van der Waals surface area contributed by atoms with Gasteiger partial charge in [0.05, 0.1) is 11.5 Å². The fourth-order valence-corrected chi connectivity index (χ4v) is 1.31. The van der Waals surface area contributed by atoms with Crippen LogP contribution >= 0.6 is 0 Å². The van der Waals surface area contributed by atoms with Crippen molar-refractivity contribution >= 4 is 17.6 Å². The molecule has 0 aliphatic heterocycles. The summed E-state index contributed by atoms with van der Waals surface area (Å²) in [5.41, 5.74) is -2.42. The monoisotopic (exact) mass is 290 g/mol. The highest BCUT2D eigenvalue weighted by Crippen LogP contribution is 2.23. The number of carbonyl (C=O) groups excluding carboxylic acids is 1. The van der Waals surface area contributed by atoms with E-state index in [9.17, 15) is 28.5 Å². The van der Waals surface area contributed by atoms with Gasteiger partial charge >= 0.3 is 11.7 Å². The molecule has 0 heterocycles. The van der Waals surface area contributed by atoms with Gasteiger partial charge < -0.3 is 15.5 Å². The Bertz CT molecular complexity index is 577. The Morgan fingerprint density at radius 1 is 1.40 bits per heavy atom. The molecule has 0 bridgehead atoms. The van der Waals surface area contributed by atoms with Crippen LogP contribution in [0.3, 0.4) is 0 Å². The number of benzene rings is 1. The van der Waals surface area contributed by atoms with E-state index in [-0.39, 0.29) is 0 Å². The number of nitrogens with one attached hydrogen (secondary N) is 1. The van der Waals surface area contributed by atoms with Crippen LogP contribution in [0.5, 0.6) is 0 Å². The van der Waals surface area contributed by atoms with Gasteiger partial charge in [-0.3, -0.25) is 14.9 Å². The van der Waals surface area contributed by atoms with Crippen LogP contribution in [-0.2, 0) is 4.79 Å². The molecule has 0 fully saturated rings. The van der Waals surface area contributed by atoms with E-state index in [1.807, 2.05) is 0 Å². The number of hydrogen-bond acceptors (Lipinski definition) is 5. The molecule has 1 rings (SSSR count). The Labute approximate surface area is 109 Å². The first kappa shape index (κ1) is 15.4. The van der Waals surface area contributed by atoms with Crippen molar-refractivity contribution in [3.8, 4) is 0 Å². The number of carboxylic acid groups (broad SMARTS) is 1. The summed E-state index contributed by atoms with van der Waals surface area (Å²) in [5.74, 6) is -6.28. The number of amides is 1. The van der Waals surface area contributed by atoms with Gasteiger partial charge in [-0.2, -0.15) is 4.39 Å². The Morgan fingerprint density at radius 3 is 2.45 bits per heavy atom. The third-order valence-electron chi connectivity index (χ3n) is 2.28. The molecular weight excluding hydrogens is 282 g/mol. The highest BCUT2D eigenvalue weighted by atomic mass is 19.1. The lowest BCUT2D eigenvalue weighted by atomic mass is 10.1. The number of nitrogens with zero attached hydrogens (tertiary/aromatic N) is 1. The van der Waals surface area contributed by atoms with E-state index in [0.29, 0.717) is 12.1 Å². The summed E-state index contributed by atoms with van der Waals surface area (Å²) in [6.45, 7) is -1.01. The second-order valence-electron chi connectivity index (χ2n) is 3.56. The number of rotatable bonds is 5.